The van der Waals surface area contributed by atoms with Crippen LogP contribution in [0.25, 0.3) is 0 Å². The fourth-order valence-corrected chi connectivity index (χ4v) is 4.50. The molecule has 0 amide bonds. The van der Waals surface area contributed by atoms with Gasteiger partial charge in [-0.2, -0.15) is 0 Å². The number of carbonyl (C=O) groups is 1. The van der Waals surface area contributed by atoms with Gasteiger partial charge in [-0.25, -0.2) is 17.9 Å². The molecule has 1 atom stereocenters. The summed E-state index contributed by atoms with van der Waals surface area (Å²) in [6, 6.07) is 7.55. The van der Waals surface area contributed by atoms with Crippen LogP contribution in [0.1, 0.15) is 28.2 Å². The van der Waals surface area contributed by atoms with E-state index in [0.717, 1.165) is 11.3 Å². The Balaban J connectivity index is 2.29. The first-order valence-corrected chi connectivity index (χ1v) is 8.64. The van der Waals surface area contributed by atoms with Crippen LogP contribution in [0.15, 0.2) is 40.6 Å². The molecule has 2 aromatic rings. The summed E-state index contributed by atoms with van der Waals surface area (Å²) in [5, 5.41) is 10.9. The fourth-order valence-electron chi connectivity index (χ4n) is 1.81. The highest BCUT2D eigenvalue weighted by atomic mass is 35.5. The second-order valence-electron chi connectivity index (χ2n) is 4.32. The molecule has 0 aliphatic heterocycles. The molecule has 0 saturated carbocycles. The van der Waals surface area contributed by atoms with E-state index in [-0.39, 0.29) is 9.77 Å². The maximum atomic E-state index is 12.3. The number of thiophene rings is 1. The zero-order valence-electron chi connectivity index (χ0n) is 10.9. The first kappa shape index (κ1) is 16.0. The van der Waals surface area contributed by atoms with Crippen LogP contribution in [-0.4, -0.2) is 19.5 Å². The molecule has 0 aliphatic rings. The van der Waals surface area contributed by atoms with Crippen molar-refractivity contribution in [1.82, 2.24) is 4.72 Å². The number of benzene rings is 1. The average molecular weight is 346 g/mol. The van der Waals surface area contributed by atoms with Gasteiger partial charge in [0, 0.05) is 11.1 Å². The van der Waals surface area contributed by atoms with E-state index in [2.05, 4.69) is 4.72 Å². The lowest BCUT2D eigenvalue weighted by Crippen LogP contribution is -2.27. The van der Waals surface area contributed by atoms with E-state index in [9.17, 15) is 13.2 Å². The molecule has 112 valence electrons. The number of carboxylic acids is 1. The van der Waals surface area contributed by atoms with Gasteiger partial charge in [-0.3, -0.25) is 0 Å². The standard InChI is InChI=1S/C13H12ClNO4S2/c1-8(9-3-2-4-10(14)7-9)15-21(18,19)11-5-6-20-12(11)13(16)17/h2-8,15H,1H3,(H,16,17)/t8-/m0/s1. The fraction of sp³-hybridized carbons (Fsp3) is 0.154. The van der Waals surface area contributed by atoms with Crippen LogP contribution in [0.5, 0.6) is 0 Å². The van der Waals surface area contributed by atoms with Gasteiger partial charge in [0.2, 0.25) is 10.0 Å². The molecule has 2 rings (SSSR count). The monoisotopic (exact) mass is 345 g/mol. The van der Waals surface area contributed by atoms with E-state index in [1.54, 1.807) is 31.2 Å². The molecular formula is C13H12ClNO4S2. The summed E-state index contributed by atoms with van der Waals surface area (Å²) < 4.78 is 27.0. The second kappa shape index (κ2) is 6.15. The van der Waals surface area contributed by atoms with E-state index < -0.39 is 22.0 Å². The number of nitrogens with one attached hydrogen (secondary N) is 1. The first-order chi connectivity index (χ1) is 9.81. The lowest BCUT2D eigenvalue weighted by molar-refractivity contribution is 0.0698. The number of halogens is 1. The van der Waals surface area contributed by atoms with Gasteiger partial charge in [0.15, 0.2) is 0 Å². The van der Waals surface area contributed by atoms with Crippen molar-refractivity contribution in [1.29, 1.82) is 0 Å². The molecule has 0 unspecified atom stereocenters. The predicted octanol–water partition coefficient (Wildman–Crippen LogP) is 3.14. The molecule has 1 heterocycles. The van der Waals surface area contributed by atoms with Crippen molar-refractivity contribution in [2.45, 2.75) is 17.9 Å². The highest BCUT2D eigenvalue weighted by Crippen LogP contribution is 2.24. The zero-order chi connectivity index (χ0) is 15.6. The van der Waals surface area contributed by atoms with Crippen molar-refractivity contribution in [3.63, 3.8) is 0 Å². The highest BCUT2D eigenvalue weighted by molar-refractivity contribution is 7.89. The molecular weight excluding hydrogens is 334 g/mol. The first-order valence-electron chi connectivity index (χ1n) is 5.90. The third-order valence-electron chi connectivity index (χ3n) is 2.79. The van der Waals surface area contributed by atoms with Crippen molar-refractivity contribution in [3.05, 3.63) is 51.2 Å². The Morgan fingerprint density at radius 3 is 2.71 bits per heavy atom. The average Bonchev–Trinajstić information content (AvgIpc) is 2.88. The minimum Gasteiger partial charge on any atom is -0.477 e. The lowest BCUT2D eigenvalue weighted by Gasteiger charge is -2.14. The van der Waals surface area contributed by atoms with Gasteiger partial charge in [0.25, 0.3) is 0 Å². The number of sulfonamides is 1. The van der Waals surface area contributed by atoms with Gasteiger partial charge in [-0.1, -0.05) is 23.7 Å². The van der Waals surface area contributed by atoms with E-state index >= 15 is 0 Å². The van der Waals surface area contributed by atoms with Crippen LogP contribution in [0.4, 0.5) is 0 Å². The molecule has 2 N–H and O–H groups in total. The Morgan fingerprint density at radius 2 is 2.10 bits per heavy atom. The SMILES string of the molecule is C[C@H](NS(=O)(=O)c1ccsc1C(=O)O)c1cccc(Cl)c1. The molecule has 0 saturated heterocycles. The van der Waals surface area contributed by atoms with Gasteiger partial charge in [-0.05, 0) is 36.1 Å². The molecule has 21 heavy (non-hydrogen) atoms. The molecule has 5 nitrogen and oxygen atoms in total. The Bertz CT molecular complexity index is 770. The number of carboxylic acid groups (broad SMARTS) is 1. The van der Waals surface area contributed by atoms with E-state index in [1.165, 1.54) is 11.4 Å². The van der Waals surface area contributed by atoms with Crippen LogP contribution in [0, 0.1) is 0 Å². The number of hydrogen-bond donors (Lipinski definition) is 2. The van der Waals surface area contributed by atoms with Gasteiger partial charge in [-0.15, -0.1) is 11.3 Å². The van der Waals surface area contributed by atoms with Crippen molar-refractivity contribution in [2.24, 2.45) is 0 Å². The van der Waals surface area contributed by atoms with Crippen molar-refractivity contribution in [3.8, 4) is 0 Å². The lowest BCUT2D eigenvalue weighted by atomic mass is 10.1. The van der Waals surface area contributed by atoms with Gasteiger partial charge < -0.3 is 5.11 Å². The van der Waals surface area contributed by atoms with E-state index in [1.807, 2.05) is 0 Å². The summed E-state index contributed by atoms with van der Waals surface area (Å²) in [5.41, 5.74) is 0.693. The van der Waals surface area contributed by atoms with Crippen LogP contribution >= 0.6 is 22.9 Å². The zero-order valence-corrected chi connectivity index (χ0v) is 13.3. The maximum Gasteiger partial charge on any atom is 0.347 e. The molecule has 8 heteroatoms. The molecule has 0 radical (unpaired) electrons. The summed E-state index contributed by atoms with van der Waals surface area (Å²) in [4.78, 5) is 10.6. The number of hydrogen-bond acceptors (Lipinski definition) is 4. The smallest absolute Gasteiger partial charge is 0.347 e. The minimum atomic E-state index is -3.92. The van der Waals surface area contributed by atoms with Crippen molar-refractivity contribution < 1.29 is 18.3 Å². The van der Waals surface area contributed by atoms with Crippen LogP contribution in [0.2, 0.25) is 5.02 Å². The molecule has 0 spiro atoms. The minimum absolute atomic E-state index is 0.208. The number of rotatable bonds is 5. The van der Waals surface area contributed by atoms with Gasteiger partial charge >= 0.3 is 5.97 Å². The van der Waals surface area contributed by atoms with Gasteiger partial charge in [0.05, 0.1) is 0 Å². The summed E-state index contributed by atoms with van der Waals surface area (Å²) in [7, 11) is -3.92. The Hall–Kier alpha value is -1.41. The summed E-state index contributed by atoms with van der Waals surface area (Å²) >= 11 is 6.74. The molecule has 0 aliphatic carbocycles. The molecule has 0 fully saturated rings. The quantitative estimate of drug-likeness (QED) is 0.872. The summed E-state index contributed by atoms with van der Waals surface area (Å²) in [6.45, 7) is 1.66. The van der Waals surface area contributed by atoms with Crippen molar-refractivity contribution >= 4 is 38.9 Å². The molecule has 1 aromatic heterocycles. The topological polar surface area (TPSA) is 83.5 Å². The third kappa shape index (κ3) is 3.62. The van der Waals surface area contributed by atoms with Crippen LogP contribution in [0.3, 0.4) is 0 Å². The normalized spacial score (nSPS) is 13.0. The Morgan fingerprint density at radius 1 is 1.38 bits per heavy atom. The third-order valence-corrected chi connectivity index (χ3v) is 5.64. The Kier molecular flexibility index (Phi) is 4.67. The van der Waals surface area contributed by atoms with Gasteiger partial charge in [0.1, 0.15) is 9.77 Å². The van der Waals surface area contributed by atoms with Crippen molar-refractivity contribution in [2.75, 3.05) is 0 Å². The van der Waals surface area contributed by atoms with Crippen LogP contribution < -0.4 is 4.72 Å². The predicted molar refractivity (Wildman–Crippen MR) is 81.5 cm³/mol. The number of aromatic carboxylic acids is 1. The summed E-state index contributed by atoms with van der Waals surface area (Å²) in [6.07, 6.45) is 0. The largest absolute Gasteiger partial charge is 0.477 e. The second-order valence-corrected chi connectivity index (χ2v) is 7.35. The summed E-state index contributed by atoms with van der Waals surface area (Å²) in [5.74, 6) is -1.26. The molecule has 0 bridgehead atoms. The Labute approximate surface area is 131 Å². The van der Waals surface area contributed by atoms with E-state index in [4.69, 9.17) is 16.7 Å². The van der Waals surface area contributed by atoms with E-state index in [0.29, 0.717) is 10.6 Å². The van der Waals surface area contributed by atoms with Crippen LogP contribution in [-0.2, 0) is 10.0 Å². The molecule has 1 aromatic carbocycles. The highest BCUT2D eigenvalue weighted by Gasteiger charge is 2.25. The maximum absolute atomic E-state index is 12.3.